The number of rotatable bonds is 4. The zero-order chi connectivity index (χ0) is 16.7. The van der Waals surface area contributed by atoms with Gasteiger partial charge in [-0.25, -0.2) is 9.48 Å². The third-order valence-electron chi connectivity index (χ3n) is 5.32. The van der Waals surface area contributed by atoms with Crippen molar-refractivity contribution in [2.45, 2.75) is 32.1 Å². The van der Waals surface area contributed by atoms with E-state index in [1.54, 1.807) is 6.20 Å². The zero-order valence-electron chi connectivity index (χ0n) is 13.2. The van der Waals surface area contributed by atoms with Crippen molar-refractivity contribution >= 4 is 17.6 Å². The van der Waals surface area contributed by atoms with Crippen molar-refractivity contribution in [1.29, 1.82) is 0 Å². The molecule has 0 aliphatic heterocycles. The van der Waals surface area contributed by atoms with E-state index in [1.165, 1.54) is 23.6 Å². The monoisotopic (exact) mass is 325 g/mol. The van der Waals surface area contributed by atoms with Crippen molar-refractivity contribution in [2.75, 3.05) is 5.32 Å². The quantitative estimate of drug-likeness (QED) is 0.904. The minimum absolute atomic E-state index is 0.0248. The lowest BCUT2D eigenvalue weighted by Gasteiger charge is -2.12. The van der Waals surface area contributed by atoms with Gasteiger partial charge in [0.05, 0.1) is 11.4 Å². The molecule has 6 nitrogen and oxygen atoms in total. The van der Waals surface area contributed by atoms with E-state index in [-0.39, 0.29) is 22.9 Å². The van der Waals surface area contributed by atoms with Gasteiger partial charge in [0.2, 0.25) is 5.91 Å². The molecule has 1 atom stereocenters. The van der Waals surface area contributed by atoms with Gasteiger partial charge in [0.15, 0.2) is 5.69 Å². The van der Waals surface area contributed by atoms with Crippen LogP contribution in [0.3, 0.4) is 0 Å². The molecule has 124 valence electrons. The van der Waals surface area contributed by atoms with Crippen LogP contribution in [0.4, 0.5) is 5.69 Å². The van der Waals surface area contributed by atoms with Crippen LogP contribution in [0.1, 0.15) is 42.6 Å². The van der Waals surface area contributed by atoms with E-state index in [2.05, 4.69) is 10.4 Å². The first kappa shape index (κ1) is 14.9. The summed E-state index contributed by atoms with van der Waals surface area (Å²) in [6, 6.07) is 8.75. The number of aromatic carboxylic acids is 1. The fourth-order valence-corrected chi connectivity index (χ4v) is 3.92. The smallest absolute Gasteiger partial charge is 0.356 e. The van der Waals surface area contributed by atoms with Crippen molar-refractivity contribution in [3.8, 4) is 5.69 Å². The summed E-state index contributed by atoms with van der Waals surface area (Å²) >= 11 is 0. The fraction of sp³-hybridized carbons (Fsp3) is 0.389. The fourth-order valence-electron chi connectivity index (χ4n) is 3.92. The topological polar surface area (TPSA) is 84.2 Å². The number of hydrogen-bond donors (Lipinski definition) is 2. The summed E-state index contributed by atoms with van der Waals surface area (Å²) in [6.07, 6.45) is 7.36. The molecule has 1 heterocycles. The molecular formula is C18H19N3O3. The number of benzene rings is 1. The van der Waals surface area contributed by atoms with E-state index in [0.717, 1.165) is 19.3 Å². The molecule has 2 N–H and O–H groups in total. The van der Waals surface area contributed by atoms with Crippen molar-refractivity contribution < 1.29 is 14.7 Å². The van der Waals surface area contributed by atoms with Crippen LogP contribution >= 0.6 is 0 Å². The molecule has 0 saturated heterocycles. The summed E-state index contributed by atoms with van der Waals surface area (Å²) in [5.41, 5.74) is 1.55. The molecule has 2 aliphatic carbocycles. The maximum absolute atomic E-state index is 12.6. The van der Waals surface area contributed by atoms with Gasteiger partial charge in [-0.05, 0) is 42.9 Å². The maximum Gasteiger partial charge on any atom is 0.356 e. The van der Waals surface area contributed by atoms with E-state index in [9.17, 15) is 9.59 Å². The summed E-state index contributed by atoms with van der Waals surface area (Å²) < 4.78 is 1.48. The first-order valence-electron chi connectivity index (χ1n) is 8.28. The third-order valence-corrected chi connectivity index (χ3v) is 5.32. The molecule has 6 heteroatoms. The maximum atomic E-state index is 12.6. The molecule has 1 unspecified atom stereocenters. The van der Waals surface area contributed by atoms with Gasteiger partial charge in [0.25, 0.3) is 0 Å². The van der Waals surface area contributed by atoms with E-state index in [4.69, 9.17) is 5.11 Å². The normalized spacial score (nSPS) is 20.9. The van der Waals surface area contributed by atoms with Gasteiger partial charge in [-0.2, -0.15) is 5.10 Å². The van der Waals surface area contributed by atoms with Crippen LogP contribution < -0.4 is 5.32 Å². The molecule has 4 rings (SSSR count). The van der Waals surface area contributed by atoms with Crippen molar-refractivity contribution in [2.24, 2.45) is 11.3 Å². The lowest BCUT2D eigenvalue weighted by atomic mass is 10.0. The van der Waals surface area contributed by atoms with Crippen LogP contribution in [0.25, 0.3) is 5.69 Å². The Bertz CT molecular complexity index is 805. The van der Waals surface area contributed by atoms with Gasteiger partial charge in [-0.15, -0.1) is 0 Å². The van der Waals surface area contributed by atoms with Gasteiger partial charge in [-0.1, -0.05) is 25.0 Å². The Morgan fingerprint density at radius 3 is 2.67 bits per heavy atom. The number of carbonyl (C=O) groups is 2. The zero-order valence-corrected chi connectivity index (χ0v) is 13.2. The molecule has 1 aromatic carbocycles. The SMILES string of the molecule is O=C(O)c1ccn(-c2ccccc2NC(=O)C2CC23CCCC3)n1. The highest BCUT2D eigenvalue weighted by Crippen LogP contribution is 2.63. The van der Waals surface area contributed by atoms with Crippen LogP contribution in [-0.4, -0.2) is 26.8 Å². The highest BCUT2D eigenvalue weighted by atomic mass is 16.4. The Morgan fingerprint density at radius 1 is 1.21 bits per heavy atom. The molecule has 2 aromatic rings. The summed E-state index contributed by atoms with van der Waals surface area (Å²) in [5.74, 6) is -0.897. The Labute approximate surface area is 139 Å². The molecule has 1 amide bonds. The minimum atomic E-state index is -1.07. The molecule has 2 saturated carbocycles. The summed E-state index contributed by atoms with van der Waals surface area (Å²) in [4.78, 5) is 23.6. The molecule has 2 aliphatic rings. The third kappa shape index (κ3) is 2.48. The Balaban J connectivity index is 1.55. The van der Waals surface area contributed by atoms with Crippen LogP contribution in [-0.2, 0) is 4.79 Å². The second kappa shape index (κ2) is 5.47. The molecule has 24 heavy (non-hydrogen) atoms. The molecule has 0 radical (unpaired) electrons. The number of carboxylic acids is 1. The predicted octanol–water partition coefficient (Wildman–Crippen LogP) is 3.09. The summed E-state index contributed by atoms with van der Waals surface area (Å²) in [5, 5.41) is 16.1. The van der Waals surface area contributed by atoms with Gasteiger partial charge < -0.3 is 10.4 Å². The van der Waals surface area contributed by atoms with Crippen molar-refractivity contribution in [3.63, 3.8) is 0 Å². The van der Waals surface area contributed by atoms with Gasteiger partial charge in [-0.3, -0.25) is 4.79 Å². The second-order valence-electron chi connectivity index (χ2n) is 6.78. The van der Waals surface area contributed by atoms with Gasteiger partial charge >= 0.3 is 5.97 Å². The largest absolute Gasteiger partial charge is 0.476 e. The first-order valence-corrected chi connectivity index (χ1v) is 8.28. The summed E-state index contributed by atoms with van der Waals surface area (Å²) in [7, 11) is 0. The Hall–Kier alpha value is -2.63. The number of carbonyl (C=O) groups excluding carboxylic acids is 1. The average molecular weight is 325 g/mol. The molecule has 1 spiro atoms. The van der Waals surface area contributed by atoms with Crippen LogP contribution in [0.15, 0.2) is 36.5 Å². The number of amides is 1. The predicted molar refractivity (Wildman–Crippen MR) is 88.2 cm³/mol. The van der Waals surface area contributed by atoms with Crippen molar-refractivity contribution in [3.05, 3.63) is 42.2 Å². The number of nitrogens with one attached hydrogen (secondary N) is 1. The highest BCUT2D eigenvalue weighted by molar-refractivity contribution is 5.96. The minimum Gasteiger partial charge on any atom is -0.476 e. The van der Waals surface area contributed by atoms with Crippen LogP contribution in [0.2, 0.25) is 0 Å². The highest BCUT2D eigenvalue weighted by Gasteiger charge is 2.58. The lowest BCUT2D eigenvalue weighted by molar-refractivity contribution is -0.118. The number of aromatic nitrogens is 2. The van der Waals surface area contributed by atoms with Gasteiger partial charge in [0, 0.05) is 12.1 Å². The average Bonchev–Trinajstić information content (AvgIpc) is 2.92. The van der Waals surface area contributed by atoms with E-state index < -0.39 is 5.97 Å². The number of hydrogen-bond acceptors (Lipinski definition) is 3. The Kier molecular flexibility index (Phi) is 3.40. The number of para-hydroxylation sites is 2. The number of anilines is 1. The van der Waals surface area contributed by atoms with E-state index in [0.29, 0.717) is 11.4 Å². The second-order valence-corrected chi connectivity index (χ2v) is 6.78. The van der Waals surface area contributed by atoms with Crippen molar-refractivity contribution in [1.82, 2.24) is 9.78 Å². The molecule has 2 fully saturated rings. The number of nitrogens with zero attached hydrogens (tertiary/aromatic N) is 2. The standard InChI is InChI=1S/C18H19N3O3/c22-16(12-11-18(12)8-3-4-9-18)19-13-5-1-2-6-15(13)21-10-7-14(20-21)17(23)24/h1-2,5-7,10,12H,3-4,8-9,11H2,(H,19,22)(H,23,24). The first-order chi connectivity index (χ1) is 11.6. The van der Waals surface area contributed by atoms with Crippen LogP contribution in [0, 0.1) is 11.3 Å². The molecular weight excluding hydrogens is 306 g/mol. The number of carboxylic acid groups (broad SMARTS) is 1. The van der Waals surface area contributed by atoms with Crippen LogP contribution in [0.5, 0.6) is 0 Å². The Morgan fingerprint density at radius 2 is 1.96 bits per heavy atom. The summed E-state index contributed by atoms with van der Waals surface area (Å²) in [6.45, 7) is 0. The van der Waals surface area contributed by atoms with E-state index in [1.807, 2.05) is 24.3 Å². The van der Waals surface area contributed by atoms with Gasteiger partial charge in [0.1, 0.15) is 0 Å². The lowest BCUT2D eigenvalue weighted by Crippen LogP contribution is -2.19. The van der Waals surface area contributed by atoms with E-state index >= 15 is 0 Å². The molecule has 0 bridgehead atoms. The molecule has 1 aromatic heterocycles.